The third kappa shape index (κ3) is 5.60. The Morgan fingerprint density at radius 3 is 2.71 bits per heavy atom. The van der Waals surface area contributed by atoms with Crippen LogP contribution in [0.25, 0.3) is 5.65 Å². The largest absolute Gasteiger partial charge is 0.477 e. The summed E-state index contributed by atoms with van der Waals surface area (Å²) < 4.78 is 13.8. The fourth-order valence-electron chi connectivity index (χ4n) is 3.32. The van der Waals surface area contributed by atoms with Crippen LogP contribution < -0.4 is 15.8 Å². The Morgan fingerprint density at radius 1 is 1.31 bits per heavy atom. The predicted molar refractivity (Wildman–Crippen MR) is 128 cm³/mol. The van der Waals surface area contributed by atoms with Crippen molar-refractivity contribution in [3.05, 3.63) is 46.5 Å². The molecule has 1 aliphatic carbocycles. The molecule has 1 aliphatic rings. The number of nitrogens with one attached hydrogen (secondary N) is 1. The van der Waals surface area contributed by atoms with Crippen LogP contribution in [-0.2, 0) is 16.0 Å². The minimum atomic E-state index is -1.23. The maximum absolute atomic E-state index is 13.0. The van der Waals surface area contributed by atoms with E-state index in [-0.39, 0.29) is 34.1 Å². The number of carbonyl (C=O) groups is 2. The number of aromatic nitrogens is 4. The predicted octanol–water partition coefficient (Wildman–Crippen LogP) is 2.88. The van der Waals surface area contributed by atoms with Crippen LogP contribution in [0.5, 0.6) is 0 Å². The first-order valence-electron chi connectivity index (χ1n) is 11.2. The van der Waals surface area contributed by atoms with Crippen molar-refractivity contribution < 1.29 is 24.2 Å². The van der Waals surface area contributed by atoms with Crippen molar-refractivity contribution in [2.24, 2.45) is 0 Å². The smallest absolute Gasteiger partial charge is 0.415 e. The van der Waals surface area contributed by atoms with Gasteiger partial charge in [0.2, 0.25) is 0 Å². The maximum atomic E-state index is 13.0. The molecule has 0 bridgehead atoms. The van der Waals surface area contributed by atoms with Crippen LogP contribution in [0, 0.1) is 0 Å². The number of pyridine rings is 1. The Hall–Kier alpha value is -3.93. The number of amides is 1. The molecule has 12 nitrogen and oxygen atoms in total. The van der Waals surface area contributed by atoms with Crippen LogP contribution >= 0.6 is 0 Å². The Labute approximate surface area is 201 Å². The Balaban J connectivity index is 1.68. The summed E-state index contributed by atoms with van der Waals surface area (Å²) in [5.41, 5.74) is -0.953. The van der Waals surface area contributed by atoms with Crippen molar-refractivity contribution in [2.75, 3.05) is 23.9 Å². The van der Waals surface area contributed by atoms with Crippen LogP contribution in [0.2, 0.25) is 0 Å². The lowest BCUT2D eigenvalue weighted by Gasteiger charge is -2.25. The summed E-state index contributed by atoms with van der Waals surface area (Å²) in [5.74, 6) is -0.864. The third-order valence-corrected chi connectivity index (χ3v) is 5.19. The molecule has 0 aromatic carbocycles. The first-order chi connectivity index (χ1) is 16.5. The summed E-state index contributed by atoms with van der Waals surface area (Å²) >= 11 is 0. The average Bonchev–Trinajstić information content (AvgIpc) is 3.50. The first kappa shape index (κ1) is 24.2. The number of fused-ring (bicyclic) bond motifs is 1. The number of hydrogen-bond acceptors (Lipinski definition) is 8. The molecule has 3 aromatic rings. The molecular weight excluding hydrogens is 456 g/mol. The molecule has 3 heterocycles. The quantitative estimate of drug-likeness (QED) is 0.494. The van der Waals surface area contributed by atoms with Crippen LogP contribution in [0.3, 0.4) is 0 Å². The van der Waals surface area contributed by atoms with Gasteiger partial charge >= 0.3 is 12.1 Å². The fraction of sp³-hybridized carbons (Fsp3) is 0.435. The lowest BCUT2D eigenvalue weighted by molar-refractivity contribution is 0.0587. The average molecular weight is 485 g/mol. The van der Waals surface area contributed by atoms with Gasteiger partial charge in [-0.3, -0.25) is 9.69 Å². The fourth-order valence-corrected chi connectivity index (χ4v) is 3.32. The molecule has 4 rings (SSSR count). The van der Waals surface area contributed by atoms with E-state index in [4.69, 9.17) is 9.47 Å². The summed E-state index contributed by atoms with van der Waals surface area (Å²) in [6.45, 7) is 6.04. The van der Waals surface area contributed by atoms with Crippen LogP contribution in [-0.4, -0.2) is 61.7 Å². The monoisotopic (exact) mass is 484 g/mol. The van der Waals surface area contributed by atoms with E-state index in [9.17, 15) is 19.5 Å². The molecule has 1 fully saturated rings. The van der Waals surface area contributed by atoms with Crippen molar-refractivity contribution in [2.45, 2.75) is 51.9 Å². The lowest BCUT2D eigenvalue weighted by Crippen LogP contribution is -2.35. The second-order valence-electron chi connectivity index (χ2n) is 9.25. The number of anilines is 3. The standard InChI is InChI=1S/C23H28N6O6/c1-23(2,3)35-22(33)27(4)18-12-17(26-19-15(21(31)32)13-24-29(18)19)25-16-6-5-9-28(20(16)30)10-11-34-14-7-8-14/h5-6,9,12-14H,7-8,10-11H2,1-4H3,(H,25,26)(H,31,32). The van der Waals surface area contributed by atoms with Crippen LogP contribution in [0.15, 0.2) is 35.4 Å². The highest BCUT2D eigenvalue weighted by molar-refractivity contribution is 5.95. The summed E-state index contributed by atoms with van der Waals surface area (Å²) in [7, 11) is 1.48. The summed E-state index contributed by atoms with van der Waals surface area (Å²) in [5, 5.41) is 16.6. The normalized spacial score (nSPS) is 13.6. The number of rotatable bonds is 8. The molecule has 186 valence electrons. The number of ether oxygens (including phenoxy) is 2. The highest BCUT2D eigenvalue weighted by atomic mass is 16.6. The molecule has 0 spiro atoms. The van der Waals surface area contributed by atoms with Gasteiger partial charge in [0.05, 0.1) is 18.9 Å². The molecule has 35 heavy (non-hydrogen) atoms. The number of nitrogens with zero attached hydrogens (tertiary/aromatic N) is 5. The van der Waals surface area contributed by atoms with Gasteiger partial charge < -0.3 is 24.5 Å². The van der Waals surface area contributed by atoms with E-state index in [2.05, 4.69) is 15.4 Å². The zero-order chi connectivity index (χ0) is 25.3. The van der Waals surface area contributed by atoms with Crippen molar-refractivity contribution in [3.8, 4) is 0 Å². The van der Waals surface area contributed by atoms with Crippen LogP contribution in [0.4, 0.5) is 22.1 Å². The molecule has 2 N–H and O–H groups in total. The van der Waals surface area contributed by atoms with E-state index >= 15 is 0 Å². The van der Waals surface area contributed by atoms with E-state index in [0.717, 1.165) is 19.0 Å². The third-order valence-electron chi connectivity index (χ3n) is 5.19. The first-order valence-corrected chi connectivity index (χ1v) is 11.2. The topological polar surface area (TPSA) is 140 Å². The second kappa shape index (κ2) is 9.37. The summed E-state index contributed by atoms with van der Waals surface area (Å²) in [4.78, 5) is 42.9. The molecular formula is C23H28N6O6. The molecule has 12 heteroatoms. The molecule has 0 unspecified atom stereocenters. The van der Waals surface area contributed by atoms with Gasteiger partial charge in [0.25, 0.3) is 5.56 Å². The van der Waals surface area contributed by atoms with Gasteiger partial charge in [-0.1, -0.05) is 0 Å². The van der Waals surface area contributed by atoms with Gasteiger partial charge in [-0.2, -0.15) is 9.61 Å². The Morgan fingerprint density at radius 2 is 2.06 bits per heavy atom. The van der Waals surface area contributed by atoms with Crippen molar-refractivity contribution in [1.82, 2.24) is 19.2 Å². The van der Waals surface area contributed by atoms with E-state index in [1.165, 1.54) is 27.1 Å². The molecule has 1 amide bonds. The van der Waals surface area contributed by atoms with Crippen molar-refractivity contribution >= 4 is 35.0 Å². The molecule has 1 saturated carbocycles. The SMILES string of the molecule is CN(C(=O)OC(C)(C)C)c1cc(Nc2cccn(CCOC3CC3)c2=O)nc2c(C(=O)O)cnn12. The van der Waals surface area contributed by atoms with Gasteiger partial charge in [-0.25, -0.2) is 14.6 Å². The number of carboxylic acid groups (broad SMARTS) is 1. The molecule has 0 saturated heterocycles. The minimum absolute atomic E-state index is 0.00185. The van der Waals surface area contributed by atoms with Crippen molar-refractivity contribution in [1.29, 1.82) is 0 Å². The van der Waals surface area contributed by atoms with Crippen molar-refractivity contribution in [3.63, 3.8) is 0 Å². The number of carbonyl (C=O) groups excluding carboxylic acids is 1. The summed E-state index contributed by atoms with van der Waals surface area (Å²) in [6.07, 6.45) is 4.55. The van der Waals surface area contributed by atoms with Crippen LogP contribution in [0.1, 0.15) is 44.0 Å². The molecule has 0 aliphatic heterocycles. The van der Waals surface area contributed by atoms with Gasteiger partial charge in [0, 0.05) is 25.9 Å². The Bertz CT molecular complexity index is 1320. The summed E-state index contributed by atoms with van der Waals surface area (Å²) in [6, 6.07) is 4.80. The number of aromatic carboxylic acids is 1. The van der Waals surface area contributed by atoms with Gasteiger partial charge in [-0.15, -0.1) is 0 Å². The molecule has 0 atom stereocenters. The number of hydrogen-bond donors (Lipinski definition) is 2. The second-order valence-corrected chi connectivity index (χ2v) is 9.25. The molecule has 3 aromatic heterocycles. The van der Waals surface area contributed by atoms with Gasteiger partial charge in [-0.05, 0) is 45.7 Å². The van der Waals surface area contributed by atoms with E-state index in [1.54, 1.807) is 39.1 Å². The highest BCUT2D eigenvalue weighted by Crippen LogP contribution is 2.25. The van der Waals surface area contributed by atoms with E-state index < -0.39 is 17.7 Å². The van der Waals surface area contributed by atoms with Gasteiger partial charge in [0.1, 0.15) is 28.5 Å². The number of carboxylic acids is 1. The minimum Gasteiger partial charge on any atom is -0.477 e. The van der Waals surface area contributed by atoms with E-state index in [1.807, 2.05) is 0 Å². The maximum Gasteiger partial charge on any atom is 0.415 e. The Kier molecular flexibility index (Phi) is 6.48. The lowest BCUT2D eigenvalue weighted by atomic mass is 10.2. The van der Waals surface area contributed by atoms with E-state index in [0.29, 0.717) is 19.3 Å². The molecule has 0 radical (unpaired) electrons. The zero-order valence-corrected chi connectivity index (χ0v) is 20.0. The van der Waals surface area contributed by atoms with Gasteiger partial charge in [0.15, 0.2) is 5.65 Å². The highest BCUT2D eigenvalue weighted by Gasteiger charge is 2.25. The zero-order valence-electron chi connectivity index (χ0n) is 20.0.